The van der Waals surface area contributed by atoms with E-state index in [4.69, 9.17) is 5.26 Å². The molecule has 0 spiro atoms. The average Bonchev–Trinajstić information content (AvgIpc) is 2.65. The number of carbonyl (C=O) groups excluding carboxylic acids is 1. The number of likely N-dealkylation sites (tertiary alicyclic amines) is 1. The second-order valence-electron chi connectivity index (χ2n) is 8.68. The quantitative estimate of drug-likeness (QED) is 0.629. The van der Waals surface area contributed by atoms with E-state index in [1.165, 1.54) is 30.7 Å². The lowest BCUT2D eigenvalue weighted by molar-refractivity contribution is 0.0445. The van der Waals surface area contributed by atoms with Crippen LogP contribution in [0, 0.1) is 23.2 Å². The number of hydrogen-bond donors (Lipinski definition) is 2. The summed E-state index contributed by atoms with van der Waals surface area (Å²) in [4.78, 5) is 15.1. The molecular weight excluding hydrogens is 388 g/mol. The number of nitriles is 1. The monoisotopic (exact) mass is 420 g/mol. The number of hydrogen-bond acceptors (Lipinski definition) is 5. The molecule has 1 aliphatic rings. The molecule has 1 fully saturated rings. The van der Waals surface area contributed by atoms with Crippen molar-refractivity contribution in [2.24, 2.45) is 11.8 Å². The Hall–Kier alpha value is -1.95. The molecule has 2 N–H and O–H groups in total. The zero-order valence-electron chi connectivity index (χ0n) is 17.7. The molecular formula is C21H32N4O3S. The Bertz CT molecular complexity index is 834. The van der Waals surface area contributed by atoms with Gasteiger partial charge in [-0.05, 0) is 56.4 Å². The van der Waals surface area contributed by atoms with Crippen LogP contribution in [-0.2, 0) is 10.0 Å². The van der Waals surface area contributed by atoms with E-state index < -0.39 is 10.0 Å². The standard InChI is InChI=1S/C21H32N4O3S/c1-16-12-17(2)14-25(13-16)21(3,4)15-23-20(26)18-6-8-19(9-7-18)29(27,28)24-11-5-10-22/h6-9,16-17,24H,5,11-15H2,1-4H3,(H,23,26). The number of sulfonamides is 1. The molecule has 7 nitrogen and oxygen atoms in total. The van der Waals surface area contributed by atoms with Crippen molar-refractivity contribution in [3.63, 3.8) is 0 Å². The van der Waals surface area contributed by atoms with E-state index in [9.17, 15) is 13.2 Å². The largest absolute Gasteiger partial charge is 0.350 e. The second kappa shape index (κ2) is 9.70. The second-order valence-corrected chi connectivity index (χ2v) is 10.4. The molecule has 1 aromatic rings. The fourth-order valence-electron chi connectivity index (χ4n) is 3.78. The third-order valence-corrected chi connectivity index (χ3v) is 6.84. The van der Waals surface area contributed by atoms with Gasteiger partial charge in [0.2, 0.25) is 10.0 Å². The van der Waals surface area contributed by atoms with Crippen LogP contribution in [0.2, 0.25) is 0 Å². The highest BCUT2D eigenvalue weighted by molar-refractivity contribution is 7.89. The molecule has 29 heavy (non-hydrogen) atoms. The van der Waals surface area contributed by atoms with Crippen molar-refractivity contribution < 1.29 is 13.2 Å². The molecule has 0 saturated carbocycles. The van der Waals surface area contributed by atoms with Gasteiger partial charge in [0.1, 0.15) is 0 Å². The molecule has 1 heterocycles. The average molecular weight is 421 g/mol. The van der Waals surface area contributed by atoms with Crippen LogP contribution in [0.15, 0.2) is 29.2 Å². The molecule has 1 saturated heterocycles. The van der Waals surface area contributed by atoms with Crippen LogP contribution in [0.1, 0.15) is 50.9 Å². The van der Waals surface area contributed by atoms with E-state index >= 15 is 0 Å². The molecule has 0 radical (unpaired) electrons. The van der Waals surface area contributed by atoms with Crippen LogP contribution in [0.3, 0.4) is 0 Å². The van der Waals surface area contributed by atoms with Gasteiger partial charge in [0.25, 0.3) is 5.91 Å². The van der Waals surface area contributed by atoms with Gasteiger partial charge in [-0.15, -0.1) is 0 Å². The van der Waals surface area contributed by atoms with Crippen molar-refractivity contribution in [3.05, 3.63) is 29.8 Å². The Morgan fingerprint density at radius 1 is 1.21 bits per heavy atom. The van der Waals surface area contributed by atoms with Gasteiger partial charge in [0.05, 0.1) is 11.0 Å². The lowest BCUT2D eigenvalue weighted by Crippen LogP contribution is -2.56. The molecule has 1 aliphatic heterocycles. The first-order chi connectivity index (χ1) is 13.5. The highest BCUT2D eigenvalue weighted by Gasteiger charge is 2.33. The summed E-state index contributed by atoms with van der Waals surface area (Å²) in [7, 11) is -3.68. The highest BCUT2D eigenvalue weighted by atomic mass is 32.2. The number of nitrogens with one attached hydrogen (secondary N) is 2. The van der Waals surface area contributed by atoms with Crippen molar-refractivity contribution >= 4 is 15.9 Å². The third-order valence-electron chi connectivity index (χ3n) is 5.36. The van der Waals surface area contributed by atoms with Gasteiger partial charge in [-0.25, -0.2) is 13.1 Å². The zero-order chi connectivity index (χ0) is 21.7. The van der Waals surface area contributed by atoms with Crippen molar-refractivity contribution in [1.29, 1.82) is 5.26 Å². The number of nitrogens with zero attached hydrogens (tertiary/aromatic N) is 2. The summed E-state index contributed by atoms with van der Waals surface area (Å²) in [6.45, 7) is 11.4. The van der Waals surface area contributed by atoms with E-state index in [0.717, 1.165) is 13.1 Å². The van der Waals surface area contributed by atoms with Gasteiger partial charge in [-0.2, -0.15) is 5.26 Å². The van der Waals surface area contributed by atoms with Gasteiger partial charge in [0.15, 0.2) is 0 Å². The Morgan fingerprint density at radius 2 is 1.79 bits per heavy atom. The summed E-state index contributed by atoms with van der Waals surface area (Å²) >= 11 is 0. The normalized spacial score (nSPS) is 20.8. The number of piperidine rings is 1. The number of benzene rings is 1. The zero-order valence-corrected chi connectivity index (χ0v) is 18.6. The van der Waals surface area contributed by atoms with E-state index in [2.05, 4.69) is 42.6 Å². The summed E-state index contributed by atoms with van der Waals surface area (Å²) in [5.74, 6) is 1.06. The Kier molecular flexibility index (Phi) is 7.80. The summed E-state index contributed by atoms with van der Waals surface area (Å²) in [6.07, 6.45) is 1.34. The van der Waals surface area contributed by atoms with E-state index in [0.29, 0.717) is 23.9 Å². The number of amides is 1. The Morgan fingerprint density at radius 3 is 2.34 bits per heavy atom. The molecule has 1 amide bonds. The number of rotatable bonds is 8. The van der Waals surface area contributed by atoms with Crippen molar-refractivity contribution in [2.45, 2.75) is 51.0 Å². The lowest BCUT2D eigenvalue weighted by atomic mass is 9.88. The first-order valence-corrected chi connectivity index (χ1v) is 11.5. The Labute approximate surface area is 174 Å². The maximum absolute atomic E-state index is 12.5. The van der Waals surface area contributed by atoms with Crippen LogP contribution in [-0.4, -0.2) is 50.9 Å². The van der Waals surface area contributed by atoms with Crippen molar-refractivity contribution in [1.82, 2.24) is 14.9 Å². The predicted octanol–water partition coefficient (Wildman–Crippen LogP) is 2.36. The van der Waals surface area contributed by atoms with Crippen LogP contribution >= 0.6 is 0 Å². The van der Waals surface area contributed by atoms with Gasteiger partial charge in [-0.1, -0.05) is 13.8 Å². The van der Waals surface area contributed by atoms with Crippen molar-refractivity contribution in [2.75, 3.05) is 26.2 Å². The van der Waals surface area contributed by atoms with Crippen LogP contribution in [0.4, 0.5) is 0 Å². The molecule has 8 heteroatoms. The number of carbonyl (C=O) groups is 1. The molecule has 2 unspecified atom stereocenters. The summed E-state index contributed by atoms with van der Waals surface area (Å²) in [5.41, 5.74) is 0.254. The summed E-state index contributed by atoms with van der Waals surface area (Å²) in [5, 5.41) is 11.5. The summed E-state index contributed by atoms with van der Waals surface area (Å²) in [6, 6.07) is 7.71. The predicted molar refractivity (Wildman–Crippen MR) is 113 cm³/mol. The first-order valence-electron chi connectivity index (χ1n) is 10.0. The molecule has 0 bridgehead atoms. The highest BCUT2D eigenvalue weighted by Crippen LogP contribution is 2.27. The minimum Gasteiger partial charge on any atom is -0.350 e. The molecule has 0 aromatic heterocycles. The molecule has 1 aromatic carbocycles. The Balaban J connectivity index is 1.96. The summed E-state index contributed by atoms with van der Waals surface area (Å²) < 4.78 is 26.7. The van der Waals surface area contributed by atoms with E-state index in [1.54, 1.807) is 0 Å². The van der Waals surface area contributed by atoms with Gasteiger partial charge < -0.3 is 5.32 Å². The van der Waals surface area contributed by atoms with Gasteiger partial charge >= 0.3 is 0 Å². The topological polar surface area (TPSA) is 102 Å². The molecule has 2 rings (SSSR count). The van der Waals surface area contributed by atoms with Gasteiger partial charge in [0, 0.05) is 43.7 Å². The van der Waals surface area contributed by atoms with Crippen LogP contribution in [0.25, 0.3) is 0 Å². The maximum atomic E-state index is 12.5. The smallest absolute Gasteiger partial charge is 0.251 e. The molecule has 0 aliphatic carbocycles. The van der Waals surface area contributed by atoms with Crippen LogP contribution in [0.5, 0.6) is 0 Å². The van der Waals surface area contributed by atoms with Crippen molar-refractivity contribution in [3.8, 4) is 6.07 Å². The lowest BCUT2D eigenvalue weighted by Gasteiger charge is -2.45. The minimum atomic E-state index is -3.68. The SMILES string of the molecule is CC1CC(C)CN(C(C)(C)CNC(=O)c2ccc(S(=O)(=O)NCCC#N)cc2)C1. The van der Waals surface area contributed by atoms with Gasteiger partial charge in [-0.3, -0.25) is 9.69 Å². The first kappa shape index (κ1) is 23.3. The van der Waals surface area contributed by atoms with E-state index in [-0.39, 0.29) is 29.3 Å². The fraction of sp³-hybridized carbons (Fsp3) is 0.619. The molecule has 2 atom stereocenters. The van der Waals surface area contributed by atoms with Crippen LogP contribution < -0.4 is 10.0 Å². The minimum absolute atomic E-state index is 0.0594. The molecule has 160 valence electrons. The third kappa shape index (κ3) is 6.53. The maximum Gasteiger partial charge on any atom is 0.251 e. The fourth-order valence-corrected chi connectivity index (χ4v) is 4.81. The van der Waals surface area contributed by atoms with E-state index in [1.807, 2.05) is 6.07 Å².